The fourth-order valence-electron chi connectivity index (χ4n) is 5.14. The van der Waals surface area contributed by atoms with Crippen LogP contribution in [0.4, 0.5) is 10.5 Å². The van der Waals surface area contributed by atoms with Gasteiger partial charge in [0.2, 0.25) is 0 Å². The average molecular weight is 658 g/mol. The number of ether oxygens (including phenoxy) is 3. The molecule has 4 unspecified atom stereocenters. The number of pyridine rings is 1. The van der Waals surface area contributed by atoms with Crippen molar-refractivity contribution in [3.8, 4) is 0 Å². The van der Waals surface area contributed by atoms with Gasteiger partial charge in [0.05, 0.1) is 31.5 Å². The summed E-state index contributed by atoms with van der Waals surface area (Å²) in [5.41, 5.74) is 3.76. The van der Waals surface area contributed by atoms with Gasteiger partial charge in [0.25, 0.3) is 0 Å². The van der Waals surface area contributed by atoms with Crippen LogP contribution < -0.4 is 10.6 Å². The van der Waals surface area contributed by atoms with Gasteiger partial charge in [-0.05, 0) is 41.0 Å². The van der Waals surface area contributed by atoms with E-state index in [-0.39, 0.29) is 30.8 Å². The number of aromatic carboxylic acids is 1. The van der Waals surface area contributed by atoms with Crippen LogP contribution in [0.2, 0.25) is 0 Å². The van der Waals surface area contributed by atoms with Crippen molar-refractivity contribution in [3.63, 3.8) is 0 Å². The van der Waals surface area contributed by atoms with E-state index in [2.05, 4.69) is 15.6 Å². The standard InChI is InChI=1S/C35H35N3O8S/c1-44-33(42)29(17-22-7-3-2-4-8-22)38-35(43)37-26-10-5-9-25(18-26)34-45-27(21-47-31-28(32(40)41)11-6-16-36-31)19-30(46-34)24-14-12-23(20-39)13-15-24/h2-16,18,27,29-30,34,39H,17,19-21H2,1H3,(H,40,41)(H2,37,38,43). The number of carboxylic acids is 1. The predicted octanol–water partition coefficient (Wildman–Crippen LogP) is 5.52. The second-order valence-corrected chi connectivity index (χ2v) is 11.8. The van der Waals surface area contributed by atoms with Crippen LogP contribution >= 0.6 is 11.8 Å². The molecule has 0 spiro atoms. The number of urea groups is 1. The Kier molecular flexibility index (Phi) is 11.6. The number of carboxylic acid groups (broad SMARTS) is 1. The monoisotopic (exact) mass is 657 g/mol. The molecular weight excluding hydrogens is 622 g/mol. The first-order valence-electron chi connectivity index (χ1n) is 14.9. The van der Waals surface area contributed by atoms with Gasteiger partial charge in [0.1, 0.15) is 11.1 Å². The average Bonchev–Trinajstić information content (AvgIpc) is 3.10. The van der Waals surface area contributed by atoms with Crippen molar-refractivity contribution in [1.29, 1.82) is 0 Å². The molecule has 4 aromatic rings. The summed E-state index contributed by atoms with van der Waals surface area (Å²) in [6, 6.07) is 25.4. The van der Waals surface area contributed by atoms with E-state index in [9.17, 15) is 24.6 Å². The molecule has 0 aliphatic carbocycles. The summed E-state index contributed by atoms with van der Waals surface area (Å²) >= 11 is 1.30. The number of aliphatic hydroxyl groups excluding tert-OH is 1. The zero-order valence-corrected chi connectivity index (χ0v) is 26.4. The molecule has 0 bridgehead atoms. The number of hydrogen-bond acceptors (Lipinski definition) is 9. The predicted molar refractivity (Wildman–Crippen MR) is 175 cm³/mol. The Labute approximate surface area is 276 Å². The van der Waals surface area contributed by atoms with Crippen LogP contribution in [-0.4, -0.2) is 58.2 Å². The van der Waals surface area contributed by atoms with Crippen molar-refractivity contribution in [3.05, 3.63) is 125 Å². The van der Waals surface area contributed by atoms with Crippen LogP contribution in [0.25, 0.3) is 0 Å². The Morgan fingerprint density at radius 2 is 1.74 bits per heavy atom. The third-order valence-corrected chi connectivity index (χ3v) is 8.65. The number of thioether (sulfide) groups is 1. The Hall–Kier alpha value is -4.75. The number of anilines is 1. The second kappa shape index (κ2) is 16.2. The molecule has 2 amide bonds. The molecule has 1 aliphatic rings. The Morgan fingerprint density at radius 3 is 2.47 bits per heavy atom. The number of rotatable bonds is 12. The molecule has 1 fully saturated rings. The van der Waals surface area contributed by atoms with Crippen LogP contribution in [0.3, 0.4) is 0 Å². The van der Waals surface area contributed by atoms with Crippen LogP contribution in [0, 0.1) is 0 Å². The number of amides is 2. The molecule has 12 heteroatoms. The number of esters is 1. The molecule has 0 saturated carbocycles. The summed E-state index contributed by atoms with van der Waals surface area (Å²) in [5.74, 6) is -1.21. The van der Waals surface area contributed by atoms with Gasteiger partial charge in [-0.2, -0.15) is 0 Å². The maximum Gasteiger partial charge on any atom is 0.338 e. The normalized spacial score (nSPS) is 18.1. The number of carbonyl (C=O) groups is 3. The van der Waals surface area contributed by atoms with Crippen LogP contribution in [0.1, 0.15) is 51.4 Å². The number of aromatic nitrogens is 1. The highest BCUT2D eigenvalue weighted by Gasteiger charge is 2.33. The van der Waals surface area contributed by atoms with Crippen molar-refractivity contribution in [2.24, 2.45) is 0 Å². The number of hydrogen-bond donors (Lipinski definition) is 4. The molecule has 1 saturated heterocycles. The van der Waals surface area contributed by atoms with Gasteiger partial charge in [-0.25, -0.2) is 19.4 Å². The maximum absolute atomic E-state index is 13.0. The second-order valence-electron chi connectivity index (χ2n) is 10.8. The Bertz CT molecular complexity index is 1670. The summed E-state index contributed by atoms with van der Waals surface area (Å²) < 4.78 is 17.7. The zero-order valence-electron chi connectivity index (χ0n) is 25.6. The Balaban J connectivity index is 1.31. The molecule has 1 aromatic heterocycles. The van der Waals surface area contributed by atoms with E-state index in [4.69, 9.17) is 14.2 Å². The molecule has 1 aliphatic heterocycles. The van der Waals surface area contributed by atoms with E-state index in [1.54, 1.807) is 30.5 Å². The molecule has 244 valence electrons. The van der Waals surface area contributed by atoms with Gasteiger partial charge < -0.3 is 35.1 Å². The number of methoxy groups -OCH3 is 1. The van der Waals surface area contributed by atoms with Gasteiger partial charge in [0.15, 0.2) is 6.29 Å². The lowest BCUT2D eigenvalue weighted by Crippen LogP contribution is -2.45. The van der Waals surface area contributed by atoms with E-state index < -0.39 is 30.3 Å². The molecular formula is C35H35N3O8S. The fraction of sp³-hybridized carbons (Fsp3) is 0.257. The highest BCUT2D eigenvalue weighted by Crippen LogP contribution is 2.40. The molecule has 47 heavy (non-hydrogen) atoms. The summed E-state index contributed by atoms with van der Waals surface area (Å²) in [7, 11) is 1.27. The van der Waals surface area contributed by atoms with Crippen molar-refractivity contribution < 1.29 is 38.8 Å². The largest absolute Gasteiger partial charge is 0.478 e. The quantitative estimate of drug-likeness (QED) is 0.113. The summed E-state index contributed by atoms with van der Waals surface area (Å²) in [6.45, 7) is -0.0766. The fourth-order valence-corrected chi connectivity index (χ4v) is 6.14. The molecule has 3 aromatic carbocycles. The minimum Gasteiger partial charge on any atom is -0.478 e. The van der Waals surface area contributed by atoms with Gasteiger partial charge in [-0.15, -0.1) is 11.8 Å². The first-order valence-corrected chi connectivity index (χ1v) is 15.9. The van der Waals surface area contributed by atoms with Crippen LogP contribution in [0.15, 0.2) is 102 Å². The number of benzene rings is 3. The number of nitrogens with zero attached hydrogens (tertiary/aromatic N) is 1. The van der Waals surface area contributed by atoms with E-state index >= 15 is 0 Å². The SMILES string of the molecule is COC(=O)C(Cc1ccccc1)NC(=O)Nc1cccc(C2OC(CSc3ncccc3C(=O)O)CC(c3ccc(CO)cc3)O2)c1. The molecule has 11 nitrogen and oxygen atoms in total. The first-order chi connectivity index (χ1) is 22.8. The van der Waals surface area contributed by atoms with E-state index in [1.165, 1.54) is 24.9 Å². The summed E-state index contributed by atoms with van der Waals surface area (Å²) in [4.78, 5) is 41.4. The minimum atomic E-state index is -1.06. The van der Waals surface area contributed by atoms with Gasteiger partial charge in [0, 0.05) is 36.0 Å². The van der Waals surface area contributed by atoms with Crippen molar-refractivity contribution >= 4 is 35.4 Å². The zero-order chi connectivity index (χ0) is 33.2. The van der Waals surface area contributed by atoms with E-state index in [1.807, 2.05) is 60.7 Å². The van der Waals surface area contributed by atoms with Crippen LogP contribution in [-0.2, 0) is 32.0 Å². The van der Waals surface area contributed by atoms with Gasteiger partial charge in [-0.3, -0.25) is 0 Å². The lowest BCUT2D eigenvalue weighted by molar-refractivity contribution is -0.245. The van der Waals surface area contributed by atoms with Crippen molar-refractivity contribution in [2.75, 3.05) is 18.2 Å². The molecule has 5 rings (SSSR count). The molecule has 4 N–H and O–H groups in total. The highest BCUT2D eigenvalue weighted by molar-refractivity contribution is 7.99. The van der Waals surface area contributed by atoms with Gasteiger partial charge in [-0.1, -0.05) is 66.7 Å². The molecule has 0 radical (unpaired) electrons. The molecule has 2 heterocycles. The Morgan fingerprint density at radius 1 is 0.957 bits per heavy atom. The van der Waals surface area contributed by atoms with E-state index in [0.717, 1.165) is 16.7 Å². The highest BCUT2D eigenvalue weighted by atomic mass is 32.2. The van der Waals surface area contributed by atoms with Crippen molar-refractivity contribution in [1.82, 2.24) is 10.3 Å². The lowest BCUT2D eigenvalue weighted by atomic mass is 10.0. The van der Waals surface area contributed by atoms with Crippen LogP contribution in [0.5, 0.6) is 0 Å². The third-order valence-electron chi connectivity index (χ3n) is 7.51. The number of nitrogens with one attached hydrogen (secondary N) is 2. The summed E-state index contributed by atoms with van der Waals surface area (Å²) in [6.07, 6.45) is 0.783. The van der Waals surface area contributed by atoms with E-state index in [0.29, 0.717) is 28.5 Å². The summed E-state index contributed by atoms with van der Waals surface area (Å²) in [5, 5.41) is 25.0. The smallest absolute Gasteiger partial charge is 0.338 e. The minimum absolute atomic E-state index is 0.0766. The van der Waals surface area contributed by atoms with Gasteiger partial charge >= 0.3 is 18.0 Å². The molecule has 4 atom stereocenters. The number of aliphatic hydroxyl groups is 1. The number of carbonyl (C=O) groups excluding carboxylic acids is 2. The topological polar surface area (TPSA) is 156 Å². The maximum atomic E-state index is 13.0. The first kappa shape index (κ1) is 33.6. The van der Waals surface area contributed by atoms with Crippen molar-refractivity contribution in [2.45, 2.75) is 49.0 Å². The lowest BCUT2D eigenvalue weighted by Gasteiger charge is -2.36. The third kappa shape index (κ3) is 9.17.